The van der Waals surface area contributed by atoms with Gasteiger partial charge in [-0.25, -0.2) is 4.98 Å². The first-order valence-corrected chi connectivity index (χ1v) is 8.76. The number of ether oxygens (including phenoxy) is 1. The molecule has 1 aromatic heterocycles. The molecule has 7 nitrogen and oxygen atoms in total. The Morgan fingerprint density at radius 3 is 2.52 bits per heavy atom. The van der Waals surface area contributed by atoms with Crippen LogP contribution in [0.4, 0.5) is 10.8 Å². The standard InChI is InChI=1S/C19H15N3O4S/c1-26-16-9-5-14(6-10-16)17-12-27-19(20-17)21-18(23)11-4-13-2-7-15(8-3-13)22(24)25/h2-12H,1H3,(H,20,21,23). The zero-order valence-electron chi connectivity index (χ0n) is 14.3. The summed E-state index contributed by atoms with van der Waals surface area (Å²) in [7, 11) is 1.61. The van der Waals surface area contributed by atoms with Gasteiger partial charge in [-0.15, -0.1) is 11.3 Å². The molecule has 0 aliphatic rings. The van der Waals surface area contributed by atoms with Crippen molar-refractivity contribution in [3.05, 3.63) is 75.7 Å². The lowest BCUT2D eigenvalue weighted by Crippen LogP contribution is -2.07. The molecule has 0 radical (unpaired) electrons. The number of non-ortho nitro benzene ring substituents is 1. The second-order valence-electron chi connectivity index (χ2n) is 5.44. The number of nitrogens with zero attached hydrogens (tertiary/aromatic N) is 2. The van der Waals surface area contributed by atoms with Crippen LogP contribution in [0, 0.1) is 10.1 Å². The SMILES string of the molecule is COc1ccc(-c2csc(NC(=O)C=Cc3ccc([N+](=O)[O-])cc3)n2)cc1. The summed E-state index contributed by atoms with van der Waals surface area (Å²) in [6.07, 6.45) is 2.94. The van der Waals surface area contributed by atoms with E-state index in [9.17, 15) is 14.9 Å². The number of hydrogen-bond acceptors (Lipinski definition) is 6. The number of rotatable bonds is 6. The predicted molar refractivity (Wildman–Crippen MR) is 105 cm³/mol. The number of thiazole rings is 1. The molecule has 0 saturated heterocycles. The molecule has 1 heterocycles. The summed E-state index contributed by atoms with van der Waals surface area (Å²) in [5, 5.41) is 15.7. The summed E-state index contributed by atoms with van der Waals surface area (Å²) in [6, 6.07) is 13.4. The molecule has 0 saturated carbocycles. The van der Waals surface area contributed by atoms with E-state index in [0.29, 0.717) is 10.7 Å². The molecule has 0 fully saturated rings. The first-order valence-electron chi connectivity index (χ1n) is 7.88. The molecule has 0 aliphatic carbocycles. The maximum atomic E-state index is 12.0. The van der Waals surface area contributed by atoms with Crippen LogP contribution in [0.3, 0.4) is 0 Å². The van der Waals surface area contributed by atoms with Crippen molar-refractivity contribution >= 4 is 34.1 Å². The highest BCUT2D eigenvalue weighted by molar-refractivity contribution is 7.14. The quantitative estimate of drug-likeness (QED) is 0.388. The number of nitro benzene ring substituents is 1. The number of nitro groups is 1. The topological polar surface area (TPSA) is 94.4 Å². The minimum atomic E-state index is -0.469. The average molecular weight is 381 g/mol. The highest BCUT2D eigenvalue weighted by atomic mass is 32.1. The largest absolute Gasteiger partial charge is 0.497 e. The van der Waals surface area contributed by atoms with E-state index in [4.69, 9.17) is 4.74 Å². The van der Waals surface area contributed by atoms with E-state index < -0.39 is 4.92 Å². The molecule has 1 amide bonds. The van der Waals surface area contributed by atoms with Gasteiger partial charge in [-0.05, 0) is 48.0 Å². The van der Waals surface area contributed by atoms with Gasteiger partial charge in [0, 0.05) is 29.2 Å². The summed E-state index contributed by atoms with van der Waals surface area (Å²) in [4.78, 5) is 26.6. The van der Waals surface area contributed by atoms with Crippen LogP contribution in [0.25, 0.3) is 17.3 Å². The smallest absolute Gasteiger partial charge is 0.269 e. The van der Waals surface area contributed by atoms with Crippen molar-refractivity contribution in [1.29, 1.82) is 0 Å². The molecule has 8 heteroatoms. The molecular weight excluding hydrogens is 366 g/mol. The van der Waals surface area contributed by atoms with Gasteiger partial charge >= 0.3 is 0 Å². The van der Waals surface area contributed by atoms with Gasteiger partial charge < -0.3 is 4.74 Å². The van der Waals surface area contributed by atoms with Gasteiger partial charge in [-0.2, -0.15) is 0 Å². The van der Waals surface area contributed by atoms with E-state index in [-0.39, 0.29) is 11.6 Å². The lowest BCUT2D eigenvalue weighted by atomic mass is 10.2. The molecule has 136 valence electrons. The van der Waals surface area contributed by atoms with Crippen LogP contribution in [0.1, 0.15) is 5.56 Å². The van der Waals surface area contributed by atoms with Crippen LogP contribution in [-0.2, 0) is 4.79 Å². The monoisotopic (exact) mass is 381 g/mol. The number of anilines is 1. The third kappa shape index (κ3) is 4.77. The molecule has 0 aliphatic heterocycles. The van der Waals surface area contributed by atoms with Crippen molar-refractivity contribution in [1.82, 2.24) is 4.98 Å². The van der Waals surface area contributed by atoms with Crippen molar-refractivity contribution in [3.8, 4) is 17.0 Å². The Bertz CT molecular complexity index is 979. The Labute approximate surface area is 159 Å². The molecule has 2 aromatic carbocycles. The zero-order valence-corrected chi connectivity index (χ0v) is 15.1. The third-order valence-electron chi connectivity index (χ3n) is 3.65. The molecule has 27 heavy (non-hydrogen) atoms. The minimum Gasteiger partial charge on any atom is -0.497 e. The van der Waals surface area contributed by atoms with Crippen LogP contribution in [-0.4, -0.2) is 22.9 Å². The normalized spacial score (nSPS) is 10.7. The molecule has 0 atom stereocenters. The third-order valence-corrected chi connectivity index (χ3v) is 4.41. The number of aromatic nitrogens is 1. The highest BCUT2D eigenvalue weighted by Crippen LogP contribution is 2.26. The number of methoxy groups -OCH3 is 1. The summed E-state index contributed by atoms with van der Waals surface area (Å²) in [6.45, 7) is 0. The van der Waals surface area contributed by atoms with E-state index in [1.807, 2.05) is 29.6 Å². The van der Waals surface area contributed by atoms with E-state index in [0.717, 1.165) is 17.0 Å². The van der Waals surface area contributed by atoms with Gasteiger partial charge in [0.15, 0.2) is 5.13 Å². The second-order valence-corrected chi connectivity index (χ2v) is 6.30. The molecule has 1 N–H and O–H groups in total. The Morgan fingerprint density at radius 2 is 1.89 bits per heavy atom. The van der Waals surface area contributed by atoms with Crippen molar-refractivity contribution in [2.75, 3.05) is 12.4 Å². The minimum absolute atomic E-state index is 0.00504. The fraction of sp³-hybridized carbons (Fsp3) is 0.0526. The van der Waals surface area contributed by atoms with Crippen LogP contribution in [0.5, 0.6) is 5.75 Å². The Balaban J connectivity index is 1.62. The first kappa shape index (κ1) is 18.3. The molecule has 3 aromatic rings. The lowest BCUT2D eigenvalue weighted by molar-refractivity contribution is -0.384. The van der Waals surface area contributed by atoms with Gasteiger partial charge in [-0.3, -0.25) is 20.2 Å². The van der Waals surface area contributed by atoms with Crippen LogP contribution in [0.15, 0.2) is 60.0 Å². The van der Waals surface area contributed by atoms with Gasteiger partial charge in [-0.1, -0.05) is 0 Å². The summed E-state index contributed by atoms with van der Waals surface area (Å²) in [5.74, 6) is 0.433. The maximum absolute atomic E-state index is 12.0. The Morgan fingerprint density at radius 1 is 1.19 bits per heavy atom. The number of amides is 1. The van der Waals surface area contributed by atoms with Gasteiger partial charge in [0.2, 0.25) is 5.91 Å². The Kier molecular flexibility index (Phi) is 5.58. The highest BCUT2D eigenvalue weighted by Gasteiger charge is 2.07. The second kappa shape index (κ2) is 8.24. The molecule has 0 bridgehead atoms. The molecule has 0 unspecified atom stereocenters. The molecule has 3 rings (SSSR count). The van der Waals surface area contributed by atoms with Crippen LogP contribution >= 0.6 is 11.3 Å². The number of carbonyl (C=O) groups excluding carboxylic acids is 1. The van der Waals surface area contributed by atoms with Crippen LogP contribution in [0.2, 0.25) is 0 Å². The van der Waals surface area contributed by atoms with E-state index in [1.54, 1.807) is 25.3 Å². The fourth-order valence-electron chi connectivity index (χ4n) is 2.25. The number of benzene rings is 2. The van der Waals surface area contributed by atoms with Gasteiger partial charge in [0.25, 0.3) is 5.69 Å². The van der Waals surface area contributed by atoms with Crippen molar-refractivity contribution in [3.63, 3.8) is 0 Å². The van der Waals surface area contributed by atoms with E-state index in [2.05, 4.69) is 10.3 Å². The van der Waals surface area contributed by atoms with Crippen molar-refractivity contribution in [2.24, 2.45) is 0 Å². The van der Waals surface area contributed by atoms with Crippen molar-refractivity contribution in [2.45, 2.75) is 0 Å². The van der Waals surface area contributed by atoms with Gasteiger partial charge in [0.05, 0.1) is 17.7 Å². The van der Waals surface area contributed by atoms with Gasteiger partial charge in [0.1, 0.15) is 5.75 Å². The average Bonchev–Trinajstić information content (AvgIpc) is 3.15. The predicted octanol–water partition coefficient (Wildman–Crippen LogP) is 4.38. The summed E-state index contributed by atoms with van der Waals surface area (Å²) in [5.41, 5.74) is 2.38. The molecule has 0 spiro atoms. The number of carbonyl (C=O) groups is 1. The van der Waals surface area contributed by atoms with Crippen molar-refractivity contribution < 1.29 is 14.5 Å². The fourth-order valence-corrected chi connectivity index (χ4v) is 2.97. The summed E-state index contributed by atoms with van der Waals surface area (Å²) < 4.78 is 5.13. The first-order chi connectivity index (χ1) is 13.0. The van der Waals surface area contributed by atoms with Crippen LogP contribution < -0.4 is 10.1 Å². The Hall–Kier alpha value is -3.52. The van der Waals surface area contributed by atoms with E-state index >= 15 is 0 Å². The van der Waals surface area contributed by atoms with E-state index in [1.165, 1.54) is 29.5 Å². The molecular formula is C19H15N3O4S. The maximum Gasteiger partial charge on any atom is 0.269 e. The number of hydrogen-bond donors (Lipinski definition) is 1. The zero-order chi connectivity index (χ0) is 19.2. The lowest BCUT2D eigenvalue weighted by Gasteiger charge is -2.00. The summed E-state index contributed by atoms with van der Waals surface area (Å²) >= 11 is 1.33. The number of nitrogens with one attached hydrogen (secondary N) is 1.